The molecule has 0 aliphatic rings. The van der Waals surface area contributed by atoms with Gasteiger partial charge in [-0.25, -0.2) is 0 Å². The minimum atomic E-state index is -0.381. The number of thiocarbonyl (C=S) groups is 1. The minimum Gasteiger partial charge on any atom is -0.393 e. The standard InChI is InChI=1S/C12H24N2O2S/c1-8(2)10(11(13)17)12(15)14(5)6-7-16-9(3)4/h8-10H,6-7H2,1-5H3,(H2,13,17). The van der Waals surface area contributed by atoms with Gasteiger partial charge in [-0.1, -0.05) is 26.1 Å². The van der Waals surface area contributed by atoms with Gasteiger partial charge in [0.2, 0.25) is 5.91 Å². The Morgan fingerprint density at radius 3 is 2.24 bits per heavy atom. The molecule has 4 nitrogen and oxygen atoms in total. The number of hydrogen-bond donors (Lipinski definition) is 1. The minimum absolute atomic E-state index is 0.0279. The summed E-state index contributed by atoms with van der Waals surface area (Å²) in [5, 5.41) is 0. The van der Waals surface area contributed by atoms with E-state index in [4.69, 9.17) is 22.7 Å². The molecular weight excluding hydrogens is 236 g/mol. The van der Waals surface area contributed by atoms with Crippen molar-refractivity contribution in [1.29, 1.82) is 0 Å². The zero-order chi connectivity index (χ0) is 13.6. The van der Waals surface area contributed by atoms with Gasteiger partial charge in [0.25, 0.3) is 0 Å². The number of rotatable bonds is 7. The fourth-order valence-electron chi connectivity index (χ4n) is 1.51. The maximum atomic E-state index is 12.1. The molecule has 17 heavy (non-hydrogen) atoms. The highest BCUT2D eigenvalue weighted by Crippen LogP contribution is 2.14. The Morgan fingerprint density at radius 2 is 1.88 bits per heavy atom. The van der Waals surface area contributed by atoms with Crippen LogP contribution in [0.2, 0.25) is 0 Å². The summed E-state index contributed by atoms with van der Waals surface area (Å²) in [6, 6.07) is 0. The summed E-state index contributed by atoms with van der Waals surface area (Å²) >= 11 is 4.94. The third-order valence-corrected chi connectivity index (χ3v) is 2.75. The second-order valence-corrected chi connectivity index (χ2v) is 5.27. The zero-order valence-corrected chi connectivity index (χ0v) is 12.2. The van der Waals surface area contributed by atoms with Gasteiger partial charge < -0.3 is 15.4 Å². The van der Waals surface area contributed by atoms with Crippen LogP contribution in [0.3, 0.4) is 0 Å². The predicted molar refractivity (Wildman–Crippen MR) is 73.8 cm³/mol. The predicted octanol–water partition coefficient (Wildman–Crippen LogP) is 1.43. The largest absolute Gasteiger partial charge is 0.393 e. The molecule has 0 fully saturated rings. The van der Waals surface area contributed by atoms with Crippen molar-refractivity contribution in [3.8, 4) is 0 Å². The molecule has 0 aliphatic carbocycles. The van der Waals surface area contributed by atoms with Gasteiger partial charge in [0.05, 0.1) is 23.6 Å². The molecule has 0 aliphatic heterocycles. The topological polar surface area (TPSA) is 55.6 Å². The number of hydrogen-bond acceptors (Lipinski definition) is 3. The summed E-state index contributed by atoms with van der Waals surface area (Å²) in [5.74, 6) is -0.289. The Hall–Kier alpha value is -0.680. The van der Waals surface area contributed by atoms with Crippen molar-refractivity contribution in [2.45, 2.75) is 33.8 Å². The summed E-state index contributed by atoms with van der Waals surface area (Å²) in [6.45, 7) is 8.91. The monoisotopic (exact) mass is 260 g/mol. The van der Waals surface area contributed by atoms with Gasteiger partial charge in [0.15, 0.2) is 0 Å². The van der Waals surface area contributed by atoms with Crippen molar-refractivity contribution in [2.24, 2.45) is 17.6 Å². The molecule has 0 heterocycles. The number of ether oxygens (including phenoxy) is 1. The highest BCUT2D eigenvalue weighted by atomic mass is 32.1. The van der Waals surface area contributed by atoms with E-state index >= 15 is 0 Å². The summed E-state index contributed by atoms with van der Waals surface area (Å²) in [4.78, 5) is 14.0. The Labute approximate surface area is 109 Å². The molecule has 0 saturated heterocycles. The summed E-state index contributed by atoms with van der Waals surface area (Å²) in [5.41, 5.74) is 5.61. The third-order valence-electron chi connectivity index (χ3n) is 2.49. The van der Waals surface area contributed by atoms with Crippen LogP contribution < -0.4 is 5.73 Å². The first-order chi connectivity index (χ1) is 7.77. The maximum Gasteiger partial charge on any atom is 0.232 e. The van der Waals surface area contributed by atoms with E-state index in [1.165, 1.54) is 0 Å². The van der Waals surface area contributed by atoms with E-state index in [2.05, 4.69) is 0 Å². The lowest BCUT2D eigenvalue weighted by molar-refractivity contribution is -0.134. The Morgan fingerprint density at radius 1 is 1.35 bits per heavy atom. The molecule has 0 rings (SSSR count). The number of amides is 1. The summed E-state index contributed by atoms with van der Waals surface area (Å²) in [6.07, 6.45) is 0.176. The molecule has 2 N–H and O–H groups in total. The number of carbonyl (C=O) groups excluding carboxylic acids is 1. The fraction of sp³-hybridized carbons (Fsp3) is 0.833. The summed E-state index contributed by atoms with van der Waals surface area (Å²) in [7, 11) is 1.75. The molecule has 0 aromatic rings. The number of carbonyl (C=O) groups is 1. The molecule has 0 saturated carbocycles. The zero-order valence-electron chi connectivity index (χ0n) is 11.4. The van der Waals surface area contributed by atoms with Gasteiger partial charge in [0.1, 0.15) is 0 Å². The van der Waals surface area contributed by atoms with Gasteiger partial charge in [-0.2, -0.15) is 0 Å². The second-order valence-electron chi connectivity index (χ2n) is 4.80. The van der Waals surface area contributed by atoms with Crippen LogP contribution in [0.5, 0.6) is 0 Å². The molecule has 0 aromatic carbocycles. The number of nitrogens with two attached hydrogens (primary N) is 1. The van der Waals surface area contributed by atoms with Gasteiger partial charge in [0, 0.05) is 13.6 Å². The van der Waals surface area contributed by atoms with Crippen molar-refractivity contribution in [3.05, 3.63) is 0 Å². The first-order valence-corrected chi connectivity index (χ1v) is 6.34. The van der Waals surface area contributed by atoms with Crippen LogP contribution in [0.4, 0.5) is 0 Å². The van der Waals surface area contributed by atoms with E-state index in [1.54, 1.807) is 11.9 Å². The molecule has 0 bridgehead atoms. The molecule has 0 spiro atoms. The van der Waals surface area contributed by atoms with E-state index in [-0.39, 0.29) is 28.8 Å². The summed E-state index contributed by atoms with van der Waals surface area (Å²) < 4.78 is 5.41. The van der Waals surface area contributed by atoms with Crippen molar-refractivity contribution < 1.29 is 9.53 Å². The van der Waals surface area contributed by atoms with Gasteiger partial charge in [-0.3, -0.25) is 4.79 Å². The molecular formula is C12H24N2O2S. The molecule has 100 valence electrons. The molecule has 1 atom stereocenters. The smallest absolute Gasteiger partial charge is 0.232 e. The second kappa shape index (κ2) is 7.61. The first-order valence-electron chi connectivity index (χ1n) is 5.93. The number of nitrogens with zero attached hydrogens (tertiary/aromatic N) is 1. The van der Waals surface area contributed by atoms with Crippen molar-refractivity contribution in [2.75, 3.05) is 20.2 Å². The van der Waals surface area contributed by atoms with Gasteiger partial charge in [-0.05, 0) is 19.8 Å². The molecule has 0 radical (unpaired) electrons. The SMILES string of the molecule is CC(C)OCCN(C)C(=O)C(C(N)=S)C(C)C. The van der Waals surface area contributed by atoms with Crippen LogP contribution in [0.25, 0.3) is 0 Å². The lowest BCUT2D eigenvalue weighted by atomic mass is 9.94. The van der Waals surface area contributed by atoms with Gasteiger partial charge in [-0.15, -0.1) is 0 Å². The maximum absolute atomic E-state index is 12.1. The van der Waals surface area contributed by atoms with Crippen LogP contribution in [0.1, 0.15) is 27.7 Å². The van der Waals surface area contributed by atoms with E-state index in [9.17, 15) is 4.79 Å². The van der Waals surface area contributed by atoms with Crippen LogP contribution >= 0.6 is 12.2 Å². The van der Waals surface area contributed by atoms with Crippen LogP contribution in [0, 0.1) is 11.8 Å². The normalized spacial score (nSPS) is 12.9. The van der Waals surface area contributed by atoms with E-state index in [1.807, 2.05) is 27.7 Å². The first kappa shape index (κ1) is 16.3. The third kappa shape index (κ3) is 5.98. The highest BCUT2D eigenvalue weighted by molar-refractivity contribution is 7.80. The molecule has 0 aromatic heterocycles. The molecule has 1 unspecified atom stereocenters. The average molecular weight is 260 g/mol. The Kier molecular flexibility index (Phi) is 7.30. The lowest BCUT2D eigenvalue weighted by Gasteiger charge is -2.25. The fourth-order valence-corrected chi connectivity index (χ4v) is 1.88. The van der Waals surface area contributed by atoms with Crippen LogP contribution in [-0.2, 0) is 9.53 Å². The van der Waals surface area contributed by atoms with Gasteiger partial charge >= 0.3 is 0 Å². The van der Waals surface area contributed by atoms with E-state index in [0.717, 1.165) is 0 Å². The van der Waals surface area contributed by atoms with Crippen molar-refractivity contribution >= 4 is 23.1 Å². The van der Waals surface area contributed by atoms with E-state index < -0.39 is 0 Å². The lowest BCUT2D eigenvalue weighted by Crippen LogP contribution is -2.43. The van der Waals surface area contributed by atoms with E-state index in [0.29, 0.717) is 13.2 Å². The van der Waals surface area contributed by atoms with Crippen LogP contribution in [0.15, 0.2) is 0 Å². The average Bonchev–Trinajstić information content (AvgIpc) is 2.15. The van der Waals surface area contributed by atoms with Crippen molar-refractivity contribution in [1.82, 2.24) is 4.90 Å². The van der Waals surface area contributed by atoms with Crippen molar-refractivity contribution in [3.63, 3.8) is 0 Å². The Balaban J connectivity index is 4.31. The van der Waals surface area contributed by atoms with Crippen LogP contribution in [-0.4, -0.2) is 42.1 Å². The highest BCUT2D eigenvalue weighted by Gasteiger charge is 2.27. The number of likely N-dealkylation sites (N-methyl/N-ethyl adjacent to an activating group) is 1. The quantitative estimate of drug-likeness (QED) is 0.704. The molecule has 1 amide bonds. The molecule has 5 heteroatoms. The Bertz CT molecular complexity index is 267.